The van der Waals surface area contributed by atoms with Crippen molar-refractivity contribution >= 4 is 45.2 Å². The van der Waals surface area contributed by atoms with Crippen LogP contribution in [0.2, 0.25) is 5.15 Å². The molecule has 4 heteroatoms. The van der Waals surface area contributed by atoms with Gasteiger partial charge in [-0.05, 0) is 47.2 Å². The van der Waals surface area contributed by atoms with Gasteiger partial charge in [0.1, 0.15) is 0 Å². The minimum atomic E-state index is 0.435. The highest BCUT2D eigenvalue weighted by molar-refractivity contribution is 14.1. The third-order valence-electron chi connectivity index (χ3n) is 1.71. The molecule has 0 N–H and O–H groups in total. The molecule has 2 nitrogen and oxygen atoms in total. The van der Waals surface area contributed by atoms with Crippen molar-refractivity contribution in [3.05, 3.63) is 26.4 Å². The molecular weight excluding hydrogens is 288 g/mol. The molecule has 0 unspecified atom stereocenters. The van der Waals surface area contributed by atoms with E-state index in [0.29, 0.717) is 5.15 Å². The maximum Gasteiger partial charge on any atom is 0.180 e. The van der Waals surface area contributed by atoms with E-state index < -0.39 is 0 Å². The molecule has 0 fully saturated rings. The van der Waals surface area contributed by atoms with Crippen LogP contribution in [0.4, 0.5) is 0 Å². The third kappa shape index (κ3) is 1.21. The maximum absolute atomic E-state index is 5.79. The van der Waals surface area contributed by atoms with E-state index in [2.05, 4.69) is 27.7 Å². The smallest absolute Gasteiger partial charge is 0.180 e. The summed E-state index contributed by atoms with van der Waals surface area (Å²) in [4.78, 5) is 0. The number of rotatable bonds is 0. The van der Waals surface area contributed by atoms with E-state index in [4.69, 9.17) is 16.1 Å². The van der Waals surface area contributed by atoms with Crippen LogP contribution in [0.3, 0.4) is 0 Å². The molecule has 0 amide bonds. The van der Waals surface area contributed by atoms with E-state index in [-0.39, 0.29) is 0 Å². The first-order chi connectivity index (χ1) is 5.68. The first-order valence-electron chi connectivity index (χ1n) is 3.39. The zero-order valence-electron chi connectivity index (χ0n) is 6.27. The first-order valence-corrected chi connectivity index (χ1v) is 4.85. The first kappa shape index (κ1) is 8.31. The second kappa shape index (κ2) is 2.88. The van der Waals surface area contributed by atoms with Gasteiger partial charge in [-0.15, -0.1) is 0 Å². The second-order valence-corrected chi connectivity index (χ2v) is 4.09. The van der Waals surface area contributed by atoms with E-state index in [9.17, 15) is 0 Å². The van der Waals surface area contributed by atoms with Crippen molar-refractivity contribution in [3.63, 3.8) is 0 Å². The number of fused-ring (bicyclic) bond motifs is 1. The molecule has 0 bridgehead atoms. The summed E-state index contributed by atoms with van der Waals surface area (Å²) in [7, 11) is 0. The summed E-state index contributed by atoms with van der Waals surface area (Å²) in [5.74, 6) is 0. The minimum Gasteiger partial charge on any atom is -0.355 e. The fourth-order valence-corrected chi connectivity index (χ4v) is 1.66. The van der Waals surface area contributed by atoms with Crippen LogP contribution in [0, 0.1) is 10.5 Å². The Labute approximate surface area is 88.0 Å². The summed E-state index contributed by atoms with van der Waals surface area (Å²) >= 11 is 8.04. The summed E-state index contributed by atoms with van der Waals surface area (Å²) in [6.07, 6.45) is 0. The SMILES string of the molecule is Cc1cc2c(Cl)noc2cc1I. The minimum absolute atomic E-state index is 0.435. The van der Waals surface area contributed by atoms with Crippen molar-refractivity contribution in [2.24, 2.45) is 0 Å². The lowest BCUT2D eigenvalue weighted by Gasteiger charge is -1.95. The number of hydrogen-bond donors (Lipinski definition) is 0. The van der Waals surface area contributed by atoms with Gasteiger partial charge in [-0.1, -0.05) is 16.8 Å². The zero-order valence-corrected chi connectivity index (χ0v) is 9.18. The summed E-state index contributed by atoms with van der Waals surface area (Å²) in [6.45, 7) is 2.03. The fourth-order valence-electron chi connectivity index (χ4n) is 1.04. The predicted molar refractivity (Wildman–Crippen MR) is 56.5 cm³/mol. The van der Waals surface area contributed by atoms with Crippen molar-refractivity contribution in [2.75, 3.05) is 0 Å². The summed E-state index contributed by atoms with van der Waals surface area (Å²) in [5.41, 5.74) is 1.93. The van der Waals surface area contributed by atoms with Crippen molar-refractivity contribution in [1.29, 1.82) is 0 Å². The maximum atomic E-state index is 5.79. The lowest BCUT2D eigenvalue weighted by molar-refractivity contribution is 0.456. The molecule has 0 aliphatic rings. The summed E-state index contributed by atoms with van der Waals surface area (Å²) in [6, 6.07) is 3.92. The Morgan fingerprint density at radius 2 is 2.25 bits per heavy atom. The van der Waals surface area contributed by atoms with Crippen LogP contribution in [-0.2, 0) is 0 Å². The monoisotopic (exact) mass is 293 g/mol. The summed E-state index contributed by atoms with van der Waals surface area (Å²) in [5, 5.41) is 4.98. The number of nitrogens with zero attached hydrogens (tertiary/aromatic N) is 1. The molecule has 1 heterocycles. The molecule has 0 radical (unpaired) electrons. The molecule has 12 heavy (non-hydrogen) atoms. The van der Waals surface area contributed by atoms with Gasteiger partial charge in [-0.3, -0.25) is 0 Å². The molecule has 0 spiro atoms. The highest BCUT2D eigenvalue weighted by Gasteiger charge is 2.07. The molecule has 1 aromatic heterocycles. The number of aromatic nitrogens is 1. The Balaban J connectivity index is 2.87. The lowest BCUT2D eigenvalue weighted by atomic mass is 10.2. The molecule has 1 aromatic carbocycles. The molecule has 0 aliphatic heterocycles. The molecule has 0 saturated heterocycles. The Hall–Kier alpha value is -0.290. The molecule has 62 valence electrons. The number of hydrogen-bond acceptors (Lipinski definition) is 2. The predicted octanol–water partition coefficient (Wildman–Crippen LogP) is 3.39. The number of halogens is 2. The van der Waals surface area contributed by atoms with Crippen LogP contribution in [0.1, 0.15) is 5.56 Å². The number of aryl methyl sites for hydroxylation is 1. The van der Waals surface area contributed by atoms with Crippen LogP contribution in [0.15, 0.2) is 16.7 Å². The van der Waals surface area contributed by atoms with Gasteiger partial charge in [0.2, 0.25) is 0 Å². The molecule has 0 aliphatic carbocycles. The Kier molecular flexibility index (Phi) is 2.00. The van der Waals surface area contributed by atoms with Crippen molar-refractivity contribution in [3.8, 4) is 0 Å². The topological polar surface area (TPSA) is 26.0 Å². The largest absolute Gasteiger partial charge is 0.355 e. The average molecular weight is 293 g/mol. The van der Waals surface area contributed by atoms with Gasteiger partial charge in [-0.25, -0.2) is 0 Å². The molecule has 0 saturated carbocycles. The van der Waals surface area contributed by atoms with Gasteiger partial charge >= 0.3 is 0 Å². The van der Waals surface area contributed by atoms with E-state index in [1.165, 1.54) is 5.56 Å². The van der Waals surface area contributed by atoms with Crippen molar-refractivity contribution < 1.29 is 4.52 Å². The van der Waals surface area contributed by atoms with Crippen LogP contribution in [0.25, 0.3) is 11.0 Å². The van der Waals surface area contributed by atoms with Crippen LogP contribution in [-0.4, -0.2) is 5.16 Å². The van der Waals surface area contributed by atoms with Gasteiger partial charge in [0.05, 0.1) is 5.39 Å². The standard InChI is InChI=1S/C8H5ClINO/c1-4-2-5-7(3-6(4)10)12-11-8(5)9/h2-3H,1H3. The highest BCUT2D eigenvalue weighted by Crippen LogP contribution is 2.26. The second-order valence-electron chi connectivity index (χ2n) is 2.57. The molecule has 2 rings (SSSR count). The van der Waals surface area contributed by atoms with Gasteiger partial charge in [-0.2, -0.15) is 0 Å². The van der Waals surface area contributed by atoms with Crippen LogP contribution in [0.5, 0.6) is 0 Å². The average Bonchev–Trinajstić information content (AvgIpc) is 2.35. The Bertz CT molecular complexity index is 438. The van der Waals surface area contributed by atoms with Crippen molar-refractivity contribution in [2.45, 2.75) is 6.92 Å². The van der Waals surface area contributed by atoms with Gasteiger partial charge in [0, 0.05) is 3.57 Å². The number of benzene rings is 1. The van der Waals surface area contributed by atoms with Gasteiger partial charge in [0.15, 0.2) is 10.7 Å². The summed E-state index contributed by atoms with van der Waals surface area (Å²) < 4.78 is 6.16. The van der Waals surface area contributed by atoms with E-state index in [1.54, 1.807) is 0 Å². The van der Waals surface area contributed by atoms with Gasteiger partial charge < -0.3 is 4.52 Å². The van der Waals surface area contributed by atoms with E-state index in [1.807, 2.05) is 19.1 Å². The zero-order chi connectivity index (χ0) is 8.72. The third-order valence-corrected chi connectivity index (χ3v) is 3.14. The van der Waals surface area contributed by atoms with Crippen LogP contribution >= 0.6 is 34.2 Å². The fraction of sp³-hybridized carbons (Fsp3) is 0.125. The Morgan fingerprint density at radius 3 is 3.00 bits per heavy atom. The van der Waals surface area contributed by atoms with Gasteiger partial charge in [0.25, 0.3) is 0 Å². The van der Waals surface area contributed by atoms with E-state index >= 15 is 0 Å². The highest BCUT2D eigenvalue weighted by atomic mass is 127. The normalized spacial score (nSPS) is 10.9. The molecule has 0 atom stereocenters. The molecule has 2 aromatic rings. The quantitative estimate of drug-likeness (QED) is 0.696. The molecular formula is C8H5ClINO. The lowest BCUT2D eigenvalue weighted by Crippen LogP contribution is -1.77. The Morgan fingerprint density at radius 1 is 1.50 bits per heavy atom. The van der Waals surface area contributed by atoms with E-state index in [0.717, 1.165) is 14.5 Å². The van der Waals surface area contributed by atoms with Crippen LogP contribution < -0.4 is 0 Å². The van der Waals surface area contributed by atoms with Crippen molar-refractivity contribution in [1.82, 2.24) is 5.16 Å².